The molecule has 20 heavy (non-hydrogen) atoms. The average Bonchev–Trinajstić information content (AvgIpc) is 2.87. The van der Waals surface area contributed by atoms with E-state index in [4.69, 9.17) is 5.73 Å². The highest BCUT2D eigenvalue weighted by molar-refractivity contribution is 7.19. The van der Waals surface area contributed by atoms with E-state index >= 15 is 0 Å². The maximum Gasteiger partial charge on any atom is 0.0431 e. The highest BCUT2D eigenvalue weighted by atomic mass is 32.1. The third-order valence-corrected chi connectivity index (χ3v) is 5.13. The predicted octanol–water partition coefficient (Wildman–Crippen LogP) is 4.76. The summed E-state index contributed by atoms with van der Waals surface area (Å²) < 4.78 is 1.32. The molecular weight excluding hydrogens is 262 g/mol. The van der Waals surface area contributed by atoms with Crippen LogP contribution < -0.4 is 5.73 Å². The normalized spacial score (nSPS) is 12.8. The Morgan fingerprint density at radius 1 is 1.00 bits per heavy atom. The second kappa shape index (κ2) is 5.39. The van der Waals surface area contributed by atoms with Gasteiger partial charge in [0.15, 0.2) is 0 Å². The number of thiophene rings is 1. The number of fused-ring (bicyclic) bond motifs is 1. The molecule has 1 nitrogen and oxygen atoms in total. The van der Waals surface area contributed by atoms with Crippen molar-refractivity contribution in [1.82, 2.24) is 0 Å². The Balaban J connectivity index is 1.91. The summed E-state index contributed by atoms with van der Waals surface area (Å²) in [6.07, 6.45) is 0.908. The van der Waals surface area contributed by atoms with Gasteiger partial charge in [-0.05, 0) is 54.5 Å². The van der Waals surface area contributed by atoms with Gasteiger partial charge in [-0.2, -0.15) is 0 Å². The van der Waals surface area contributed by atoms with Gasteiger partial charge in [0.05, 0.1) is 0 Å². The monoisotopic (exact) mass is 281 g/mol. The molecule has 0 aliphatic rings. The molecule has 1 atom stereocenters. The predicted molar refractivity (Wildman–Crippen MR) is 88.4 cm³/mol. The van der Waals surface area contributed by atoms with Crippen LogP contribution in [0.15, 0.2) is 48.5 Å². The summed E-state index contributed by atoms with van der Waals surface area (Å²) in [7, 11) is 0. The number of rotatable bonds is 3. The van der Waals surface area contributed by atoms with Crippen molar-refractivity contribution in [2.24, 2.45) is 5.73 Å². The number of hydrogen-bond donors (Lipinski definition) is 1. The lowest BCUT2D eigenvalue weighted by Gasteiger charge is -2.14. The number of benzene rings is 2. The summed E-state index contributed by atoms with van der Waals surface area (Å²) in [5.74, 6) is 0. The fourth-order valence-electron chi connectivity index (χ4n) is 2.68. The van der Waals surface area contributed by atoms with Gasteiger partial charge in [-0.25, -0.2) is 0 Å². The summed E-state index contributed by atoms with van der Waals surface area (Å²) in [6.45, 7) is 4.33. The zero-order valence-electron chi connectivity index (χ0n) is 11.9. The molecule has 0 amide bonds. The number of aryl methyl sites for hydroxylation is 2. The molecule has 0 bridgehead atoms. The SMILES string of the molecule is Cc1cccc(C)c1CC(N)c1cc2ccccc2s1. The fraction of sp³-hybridized carbons (Fsp3) is 0.222. The largest absolute Gasteiger partial charge is 0.323 e. The van der Waals surface area contributed by atoms with Gasteiger partial charge in [0.1, 0.15) is 0 Å². The van der Waals surface area contributed by atoms with E-state index < -0.39 is 0 Å². The van der Waals surface area contributed by atoms with Crippen LogP contribution in [0, 0.1) is 13.8 Å². The molecular formula is C18H19NS. The van der Waals surface area contributed by atoms with E-state index in [1.165, 1.54) is 31.7 Å². The smallest absolute Gasteiger partial charge is 0.0431 e. The van der Waals surface area contributed by atoms with Gasteiger partial charge < -0.3 is 5.73 Å². The third kappa shape index (κ3) is 2.49. The number of nitrogens with two attached hydrogens (primary N) is 1. The lowest BCUT2D eigenvalue weighted by molar-refractivity contribution is 0.730. The molecule has 0 fully saturated rings. The Bertz CT molecular complexity index is 689. The van der Waals surface area contributed by atoms with Crippen molar-refractivity contribution in [3.63, 3.8) is 0 Å². The van der Waals surface area contributed by atoms with Gasteiger partial charge in [-0.15, -0.1) is 11.3 Å². The molecule has 0 spiro atoms. The molecule has 102 valence electrons. The van der Waals surface area contributed by atoms with Crippen LogP contribution in [0.25, 0.3) is 10.1 Å². The number of hydrogen-bond acceptors (Lipinski definition) is 2. The van der Waals surface area contributed by atoms with Crippen LogP contribution in [0.3, 0.4) is 0 Å². The van der Waals surface area contributed by atoms with Gasteiger partial charge in [-0.1, -0.05) is 36.4 Å². The standard InChI is InChI=1S/C18H19NS/c1-12-6-5-7-13(2)15(12)11-16(19)18-10-14-8-3-4-9-17(14)20-18/h3-10,16H,11,19H2,1-2H3. The van der Waals surface area contributed by atoms with E-state index in [2.05, 4.69) is 62.4 Å². The Morgan fingerprint density at radius 3 is 2.40 bits per heavy atom. The summed E-state index contributed by atoms with van der Waals surface area (Å²) in [5.41, 5.74) is 10.5. The summed E-state index contributed by atoms with van der Waals surface area (Å²) >= 11 is 1.81. The van der Waals surface area contributed by atoms with Crippen LogP contribution in [-0.2, 0) is 6.42 Å². The summed E-state index contributed by atoms with van der Waals surface area (Å²) in [4.78, 5) is 1.27. The molecule has 0 aliphatic carbocycles. The fourth-order valence-corrected chi connectivity index (χ4v) is 3.74. The average molecular weight is 281 g/mol. The van der Waals surface area contributed by atoms with Gasteiger partial charge in [0, 0.05) is 15.6 Å². The van der Waals surface area contributed by atoms with Crippen LogP contribution in [-0.4, -0.2) is 0 Å². The van der Waals surface area contributed by atoms with Crippen molar-refractivity contribution in [2.75, 3.05) is 0 Å². The zero-order valence-corrected chi connectivity index (χ0v) is 12.7. The van der Waals surface area contributed by atoms with E-state index in [0.717, 1.165) is 6.42 Å². The molecule has 1 heterocycles. The van der Waals surface area contributed by atoms with Crippen LogP contribution >= 0.6 is 11.3 Å². The topological polar surface area (TPSA) is 26.0 Å². The maximum atomic E-state index is 6.44. The summed E-state index contributed by atoms with van der Waals surface area (Å²) in [5, 5.41) is 1.30. The molecule has 2 aromatic carbocycles. The van der Waals surface area contributed by atoms with Crippen molar-refractivity contribution >= 4 is 21.4 Å². The van der Waals surface area contributed by atoms with Crippen molar-refractivity contribution in [3.05, 3.63) is 70.1 Å². The van der Waals surface area contributed by atoms with Crippen molar-refractivity contribution < 1.29 is 0 Å². The van der Waals surface area contributed by atoms with Crippen molar-refractivity contribution in [2.45, 2.75) is 26.3 Å². The van der Waals surface area contributed by atoms with Crippen LogP contribution in [0.5, 0.6) is 0 Å². The van der Waals surface area contributed by atoms with E-state index in [0.29, 0.717) is 0 Å². The van der Waals surface area contributed by atoms with Gasteiger partial charge in [-0.3, -0.25) is 0 Å². The summed E-state index contributed by atoms with van der Waals surface area (Å²) in [6, 6.07) is 17.2. The van der Waals surface area contributed by atoms with Gasteiger partial charge in [0.2, 0.25) is 0 Å². The van der Waals surface area contributed by atoms with E-state index in [1.54, 1.807) is 0 Å². The molecule has 0 aliphatic heterocycles. The molecule has 0 radical (unpaired) electrons. The molecule has 1 unspecified atom stereocenters. The molecule has 2 N–H and O–H groups in total. The second-order valence-corrected chi connectivity index (χ2v) is 6.48. The van der Waals surface area contributed by atoms with Crippen LogP contribution in [0.4, 0.5) is 0 Å². The first-order valence-electron chi connectivity index (χ1n) is 6.94. The van der Waals surface area contributed by atoms with E-state index in [9.17, 15) is 0 Å². The Hall–Kier alpha value is -1.64. The minimum absolute atomic E-state index is 0.0761. The van der Waals surface area contributed by atoms with Gasteiger partial charge in [0.25, 0.3) is 0 Å². The van der Waals surface area contributed by atoms with Crippen LogP contribution in [0.1, 0.15) is 27.6 Å². The lowest BCUT2D eigenvalue weighted by Crippen LogP contribution is -2.13. The molecule has 0 saturated carbocycles. The molecule has 0 saturated heterocycles. The Labute approximate surface area is 124 Å². The molecule has 3 rings (SSSR count). The quantitative estimate of drug-likeness (QED) is 0.736. The second-order valence-electron chi connectivity index (χ2n) is 5.37. The zero-order chi connectivity index (χ0) is 14.1. The van der Waals surface area contributed by atoms with E-state index in [1.807, 2.05) is 11.3 Å². The highest BCUT2D eigenvalue weighted by Crippen LogP contribution is 2.31. The first-order chi connectivity index (χ1) is 9.65. The van der Waals surface area contributed by atoms with Crippen molar-refractivity contribution in [3.8, 4) is 0 Å². The Kier molecular flexibility index (Phi) is 3.60. The highest BCUT2D eigenvalue weighted by Gasteiger charge is 2.13. The van der Waals surface area contributed by atoms with E-state index in [-0.39, 0.29) is 6.04 Å². The molecule has 1 aromatic heterocycles. The first-order valence-corrected chi connectivity index (χ1v) is 7.76. The minimum Gasteiger partial charge on any atom is -0.323 e. The minimum atomic E-state index is 0.0761. The lowest BCUT2D eigenvalue weighted by atomic mass is 9.96. The maximum absolute atomic E-state index is 6.44. The van der Waals surface area contributed by atoms with Crippen LogP contribution in [0.2, 0.25) is 0 Å². The third-order valence-electron chi connectivity index (χ3n) is 3.88. The first kappa shape index (κ1) is 13.3. The Morgan fingerprint density at radius 2 is 1.70 bits per heavy atom. The van der Waals surface area contributed by atoms with Crippen molar-refractivity contribution in [1.29, 1.82) is 0 Å². The van der Waals surface area contributed by atoms with Gasteiger partial charge >= 0.3 is 0 Å². The molecule has 3 aromatic rings. The molecule has 2 heteroatoms.